The van der Waals surface area contributed by atoms with Crippen LogP contribution in [0.4, 0.5) is 5.69 Å². The normalized spacial score (nSPS) is 17.3. The van der Waals surface area contributed by atoms with Gasteiger partial charge >= 0.3 is 0 Å². The molecule has 0 saturated carbocycles. The number of rotatable bonds is 5. The van der Waals surface area contributed by atoms with Crippen LogP contribution < -0.4 is 5.32 Å². The van der Waals surface area contributed by atoms with Crippen molar-refractivity contribution in [1.82, 2.24) is 4.31 Å². The molecule has 8 heteroatoms. The second-order valence-electron chi connectivity index (χ2n) is 5.78. The number of benzene rings is 2. The minimum absolute atomic E-state index is 0.00238. The van der Waals surface area contributed by atoms with Gasteiger partial charge in [-0.15, -0.1) is 11.8 Å². The third kappa shape index (κ3) is 3.61. The summed E-state index contributed by atoms with van der Waals surface area (Å²) in [5.74, 6) is -1.07. The highest BCUT2D eigenvalue weighted by Crippen LogP contribution is 2.28. The van der Waals surface area contributed by atoms with E-state index in [4.69, 9.17) is 0 Å². The third-order valence-electron chi connectivity index (χ3n) is 4.10. The summed E-state index contributed by atoms with van der Waals surface area (Å²) in [6, 6.07) is 13.9. The number of carbonyl (C=O) groups is 2. The number of thioether (sulfide) groups is 1. The molecule has 2 amide bonds. The molecule has 1 fully saturated rings. The second kappa shape index (κ2) is 7.51. The van der Waals surface area contributed by atoms with E-state index in [1.807, 2.05) is 12.3 Å². The summed E-state index contributed by atoms with van der Waals surface area (Å²) in [7, 11) is -4.07. The van der Waals surface area contributed by atoms with Crippen molar-refractivity contribution in [2.24, 2.45) is 0 Å². The first-order valence-electron chi connectivity index (χ1n) is 8.00. The molecule has 0 aliphatic carbocycles. The molecule has 1 N–H and O–H groups in total. The van der Waals surface area contributed by atoms with Crippen LogP contribution in [0.2, 0.25) is 0 Å². The maximum absolute atomic E-state index is 12.8. The predicted molar refractivity (Wildman–Crippen MR) is 100 cm³/mol. The van der Waals surface area contributed by atoms with Crippen molar-refractivity contribution >= 4 is 39.3 Å². The number of nitrogens with one attached hydrogen (secondary N) is 1. The molecule has 1 aliphatic rings. The average Bonchev–Trinajstić information content (AvgIpc) is 3.05. The number of hydrogen-bond acceptors (Lipinski definition) is 5. The Kier molecular flexibility index (Phi) is 5.33. The molecule has 0 bridgehead atoms. The molecule has 0 aromatic heterocycles. The fourth-order valence-electron chi connectivity index (χ4n) is 2.83. The number of sulfonamides is 1. The molecule has 1 atom stereocenters. The molecule has 6 nitrogen and oxygen atoms in total. The third-order valence-corrected chi connectivity index (χ3v) is 6.67. The SMILES string of the molecule is CSc1cccc(NC(=O)[C@@H]2CCC(=O)N2S(=O)(=O)c2ccccc2)c1. The Morgan fingerprint density at radius 3 is 2.58 bits per heavy atom. The lowest BCUT2D eigenvalue weighted by molar-refractivity contribution is -0.128. The van der Waals surface area contributed by atoms with Gasteiger partial charge in [0.05, 0.1) is 4.90 Å². The minimum atomic E-state index is -4.07. The largest absolute Gasteiger partial charge is 0.324 e. The molecular weight excluding hydrogens is 372 g/mol. The number of hydrogen-bond donors (Lipinski definition) is 1. The van der Waals surface area contributed by atoms with Crippen LogP contribution in [0.5, 0.6) is 0 Å². The van der Waals surface area contributed by atoms with Crippen LogP contribution >= 0.6 is 11.8 Å². The summed E-state index contributed by atoms with van der Waals surface area (Å²) >= 11 is 1.53. The first-order valence-corrected chi connectivity index (χ1v) is 10.7. The molecule has 1 saturated heterocycles. The highest BCUT2D eigenvalue weighted by Gasteiger charge is 2.44. The van der Waals surface area contributed by atoms with Crippen LogP contribution in [0.1, 0.15) is 12.8 Å². The lowest BCUT2D eigenvalue weighted by Gasteiger charge is -2.23. The smallest absolute Gasteiger partial charge is 0.267 e. The molecule has 1 heterocycles. The van der Waals surface area contributed by atoms with Crippen LogP contribution in [0.3, 0.4) is 0 Å². The highest BCUT2D eigenvalue weighted by atomic mass is 32.2. The summed E-state index contributed by atoms with van der Waals surface area (Å²) in [4.78, 5) is 25.9. The van der Waals surface area contributed by atoms with Crippen LogP contribution in [-0.2, 0) is 19.6 Å². The topological polar surface area (TPSA) is 83.6 Å². The molecule has 26 heavy (non-hydrogen) atoms. The van der Waals surface area contributed by atoms with Crippen LogP contribution in [0, 0.1) is 0 Å². The fourth-order valence-corrected chi connectivity index (χ4v) is 4.92. The van der Waals surface area contributed by atoms with Crippen molar-refractivity contribution in [1.29, 1.82) is 0 Å². The Labute approximate surface area is 156 Å². The molecule has 3 rings (SSSR count). The van der Waals surface area contributed by atoms with E-state index in [1.165, 1.54) is 23.9 Å². The van der Waals surface area contributed by atoms with Gasteiger partial charge < -0.3 is 5.32 Å². The summed E-state index contributed by atoms with van der Waals surface area (Å²) in [6.45, 7) is 0. The van der Waals surface area contributed by atoms with Gasteiger partial charge in [0.1, 0.15) is 6.04 Å². The molecule has 0 unspecified atom stereocenters. The molecule has 2 aromatic carbocycles. The average molecular weight is 390 g/mol. The fraction of sp³-hybridized carbons (Fsp3) is 0.222. The molecule has 1 aliphatic heterocycles. The van der Waals surface area contributed by atoms with E-state index in [1.54, 1.807) is 36.4 Å². The zero-order chi connectivity index (χ0) is 18.7. The van der Waals surface area contributed by atoms with Crippen molar-refractivity contribution in [3.8, 4) is 0 Å². The molecule has 2 aromatic rings. The standard InChI is InChI=1S/C18H18N2O4S2/c1-25-14-7-5-6-13(12-14)19-18(22)16-10-11-17(21)20(16)26(23,24)15-8-3-2-4-9-15/h2-9,12,16H,10-11H2,1H3,(H,19,22)/t16-/m0/s1. The Hall–Kier alpha value is -2.32. The van der Waals surface area contributed by atoms with E-state index < -0.39 is 27.9 Å². The van der Waals surface area contributed by atoms with Crippen molar-refractivity contribution in [2.45, 2.75) is 28.7 Å². The highest BCUT2D eigenvalue weighted by molar-refractivity contribution is 7.98. The first-order chi connectivity index (χ1) is 12.4. The second-order valence-corrected chi connectivity index (χ2v) is 8.48. The van der Waals surface area contributed by atoms with E-state index in [0.29, 0.717) is 5.69 Å². The maximum Gasteiger partial charge on any atom is 0.267 e. The van der Waals surface area contributed by atoms with Crippen molar-refractivity contribution < 1.29 is 18.0 Å². The van der Waals surface area contributed by atoms with Gasteiger partial charge in [-0.1, -0.05) is 24.3 Å². The van der Waals surface area contributed by atoms with Gasteiger partial charge in [-0.05, 0) is 43.0 Å². The Morgan fingerprint density at radius 1 is 1.15 bits per heavy atom. The predicted octanol–water partition coefficient (Wildman–Crippen LogP) is 2.73. The summed E-state index contributed by atoms with van der Waals surface area (Å²) in [5.41, 5.74) is 0.568. The monoisotopic (exact) mass is 390 g/mol. The van der Waals surface area contributed by atoms with E-state index in [9.17, 15) is 18.0 Å². The zero-order valence-electron chi connectivity index (χ0n) is 14.1. The van der Waals surface area contributed by atoms with Crippen LogP contribution in [0.25, 0.3) is 0 Å². The van der Waals surface area contributed by atoms with Crippen LogP contribution in [-0.4, -0.2) is 36.8 Å². The number of carbonyl (C=O) groups excluding carboxylic acids is 2. The summed E-state index contributed by atoms with van der Waals surface area (Å²) < 4.78 is 26.4. The number of nitrogens with zero attached hydrogens (tertiary/aromatic N) is 1. The quantitative estimate of drug-likeness (QED) is 0.794. The van der Waals surface area contributed by atoms with Crippen molar-refractivity contribution in [2.75, 3.05) is 11.6 Å². The maximum atomic E-state index is 12.8. The Morgan fingerprint density at radius 2 is 1.88 bits per heavy atom. The Bertz CT molecular complexity index is 929. The van der Waals surface area contributed by atoms with Gasteiger partial charge in [-0.3, -0.25) is 9.59 Å². The number of anilines is 1. The summed E-state index contributed by atoms with van der Waals surface area (Å²) in [6.07, 6.45) is 2.11. The molecule has 136 valence electrons. The van der Waals surface area contributed by atoms with Gasteiger partial charge in [-0.25, -0.2) is 12.7 Å². The molecule has 0 spiro atoms. The van der Waals surface area contributed by atoms with E-state index in [2.05, 4.69) is 5.32 Å². The van der Waals surface area contributed by atoms with Crippen molar-refractivity contribution in [3.63, 3.8) is 0 Å². The molecular formula is C18H18N2O4S2. The minimum Gasteiger partial charge on any atom is -0.324 e. The van der Waals surface area contributed by atoms with Gasteiger partial charge in [0.2, 0.25) is 11.8 Å². The lowest BCUT2D eigenvalue weighted by Crippen LogP contribution is -2.45. The van der Waals surface area contributed by atoms with Gasteiger partial charge in [0.15, 0.2) is 0 Å². The van der Waals surface area contributed by atoms with E-state index in [-0.39, 0.29) is 17.7 Å². The van der Waals surface area contributed by atoms with E-state index in [0.717, 1.165) is 9.20 Å². The van der Waals surface area contributed by atoms with Crippen LogP contribution in [0.15, 0.2) is 64.4 Å². The van der Waals surface area contributed by atoms with Gasteiger partial charge in [-0.2, -0.15) is 0 Å². The number of amides is 2. The van der Waals surface area contributed by atoms with Gasteiger partial charge in [0, 0.05) is 17.0 Å². The Balaban J connectivity index is 1.86. The molecule has 0 radical (unpaired) electrons. The van der Waals surface area contributed by atoms with Gasteiger partial charge in [0.25, 0.3) is 10.0 Å². The summed E-state index contributed by atoms with van der Waals surface area (Å²) in [5, 5.41) is 2.72. The van der Waals surface area contributed by atoms with Crippen molar-refractivity contribution in [3.05, 3.63) is 54.6 Å². The van der Waals surface area contributed by atoms with E-state index >= 15 is 0 Å². The lowest BCUT2D eigenvalue weighted by atomic mass is 10.2. The first kappa shape index (κ1) is 18.5. The zero-order valence-corrected chi connectivity index (χ0v) is 15.7.